The average molecular weight is 321 g/mol. The predicted molar refractivity (Wildman–Crippen MR) is 78.8 cm³/mol. The molecule has 0 radical (unpaired) electrons. The van der Waals surface area contributed by atoms with Crippen molar-refractivity contribution in [1.82, 2.24) is 9.78 Å². The molecule has 1 N–H and O–H groups in total. The van der Waals surface area contributed by atoms with Crippen molar-refractivity contribution in [3.8, 4) is 0 Å². The minimum Gasteiger partial charge on any atom is -0.388 e. The van der Waals surface area contributed by atoms with E-state index in [4.69, 9.17) is 11.6 Å². The topological polar surface area (TPSA) is 72.2 Å². The minimum absolute atomic E-state index is 0.234. The summed E-state index contributed by atoms with van der Waals surface area (Å²) in [6.07, 6.45) is 3.13. The zero-order valence-electron chi connectivity index (χ0n) is 12.1. The average Bonchev–Trinajstić information content (AvgIpc) is 2.84. The predicted octanol–water partition coefficient (Wildman–Crippen LogP) is 1.74. The standard InChI is InChI=1S/C13H21ClN2O3S/c1-4-16-10(12(14)9(2)15-16)8-13(17)7-5-6-11(13)20(3,18)19/h11,17H,4-8H2,1-3H3. The van der Waals surface area contributed by atoms with Crippen LogP contribution in [0.1, 0.15) is 37.6 Å². The SMILES string of the molecule is CCn1nc(C)c(Cl)c1CC1(O)CCCC1S(C)(=O)=O. The fourth-order valence-corrected chi connectivity index (χ4v) is 4.96. The van der Waals surface area contributed by atoms with Crippen LogP contribution in [-0.4, -0.2) is 40.4 Å². The second-order valence-corrected chi connectivity index (χ2v) is 8.26. The van der Waals surface area contributed by atoms with E-state index in [2.05, 4.69) is 5.10 Å². The highest BCUT2D eigenvalue weighted by atomic mass is 35.5. The Hall–Kier alpha value is -0.590. The Morgan fingerprint density at radius 1 is 1.55 bits per heavy atom. The summed E-state index contributed by atoms with van der Waals surface area (Å²) in [6.45, 7) is 4.40. The number of aliphatic hydroxyl groups is 1. The number of hydrogen-bond donors (Lipinski definition) is 1. The third-order valence-corrected chi connectivity index (χ3v) is 6.32. The fourth-order valence-electron chi connectivity index (χ4n) is 3.17. The van der Waals surface area contributed by atoms with Gasteiger partial charge in [-0.15, -0.1) is 0 Å². The number of aryl methyl sites for hydroxylation is 2. The molecule has 5 nitrogen and oxygen atoms in total. The number of nitrogens with zero attached hydrogens (tertiary/aromatic N) is 2. The van der Waals surface area contributed by atoms with E-state index in [1.54, 1.807) is 4.68 Å². The minimum atomic E-state index is -3.28. The van der Waals surface area contributed by atoms with Crippen molar-refractivity contribution < 1.29 is 13.5 Å². The first-order valence-electron chi connectivity index (χ1n) is 6.82. The molecule has 0 aromatic carbocycles. The van der Waals surface area contributed by atoms with Gasteiger partial charge in [0.05, 0.1) is 27.3 Å². The van der Waals surface area contributed by atoms with Crippen molar-refractivity contribution in [2.75, 3.05) is 6.26 Å². The Kier molecular flexibility index (Phi) is 4.19. The Morgan fingerprint density at radius 3 is 2.75 bits per heavy atom. The lowest BCUT2D eigenvalue weighted by Gasteiger charge is -2.29. The molecule has 1 fully saturated rings. The van der Waals surface area contributed by atoms with Gasteiger partial charge in [0.1, 0.15) is 0 Å². The van der Waals surface area contributed by atoms with Gasteiger partial charge in [-0.1, -0.05) is 11.6 Å². The smallest absolute Gasteiger partial charge is 0.153 e. The number of sulfone groups is 1. The molecular weight excluding hydrogens is 300 g/mol. The van der Waals surface area contributed by atoms with Gasteiger partial charge in [0, 0.05) is 19.2 Å². The largest absolute Gasteiger partial charge is 0.388 e. The molecule has 0 spiro atoms. The van der Waals surface area contributed by atoms with Crippen LogP contribution >= 0.6 is 11.6 Å². The molecule has 1 aliphatic carbocycles. The fraction of sp³-hybridized carbons (Fsp3) is 0.769. The molecule has 2 unspecified atom stereocenters. The molecule has 1 saturated carbocycles. The van der Waals surface area contributed by atoms with Crippen LogP contribution in [0.5, 0.6) is 0 Å². The van der Waals surface area contributed by atoms with Gasteiger partial charge in [-0.3, -0.25) is 4.68 Å². The third kappa shape index (κ3) is 2.73. The second-order valence-electron chi connectivity index (χ2n) is 5.65. The Morgan fingerprint density at radius 2 is 2.20 bits per heavy atom. The van der Waals surface area contributed by atoms with Crippen molar-refractivity contribution in [2.45, 2.75) is 56.9 Å². The zero-order valence-corrected chi connectivity index (χ0v) is 13.6. The van der Waals surface area contributed by atoms with Gasteiger partial charge in [-0.25, -0.2) is 8.42 Å². The van der Waals surface area contributed by atoms with Crippen molar-refractivity contribution >= 4 is 21.4 Å². The molecular formula is C13H21ClN2O3S. The maximum atomic E-state index is 11.9. The highest BCUT2D eigenvalue weighted by molar-refractivity contribution is 7.91. The first-order chi connectivity index (χ1) is 9.19. The van der Waals surface area contributed by atoms with Crippen LogP contribution in [0.15, 0.2) is 0 Å². The van der Waals surface area contributed by atoms with Gasteiger partial charge in [-0.05, 0) is 33.1 Å². The van der Waals surface area contributed by atoms with E-state index >= 15 is 0 Å². The van der Waals surface area contributed by atoms with E-state index < -0.39 is 20.7 Å². The Balaban J connectivity index is 2.38. The van der Waals surface area contributed by atoms with E-state index in [0.717, 1.165) is 5.69 Å². The molecule has 0 aliphatic heterocycles. The lowest BCUT2D eigenvalue weighted by atomic mass is 9.95. The molecule has 1 aromatic rings. The maximum Gasteiger partial charge on any atom is 0.153 e. The first kappa shape index (κ1) is 15.8. The van der Waals surface area contributed by atoms with Gasteiger partial charge in [-0.2, -0.15) is 5.10 Å². The maximum absolute atomic E-state index is 11.9. The number of aromatic nitrogens is 2. The summed E-state index contributed by atoms with van der Waals surface area (Å²) in [6, 6.07) is 0. The molecule has 114 valence electrons. The molecule has 1 aromatic heterocycles. The van der Waals surface area contributed by atoms with Gasteiger partial charge in [0.15, 0.2) is 9.84 Å². The van der Waals surface area contributed by atoms with Crippen LogP contribution in [0.3, 0.4) is 0 Å². The monoisotopic (exact) mass is 320 g/mol. The summed E-state index contributed by atoms with van der Waals surface area (Å²) in [4.78, 5) is 0. The summed E-state index contributed by atoms with van der Waals surface area (Å²) in [7, 11) is -3.28. The van der Waals surface area contributed by atoms with Crippen LogP contribution < -0.4 is 0 Å². The molecule has 0 bridgehead atoms. The van der Waals surface area contributed by atoms with Crippen LogP contribution in [0, 0.1) is 6.92 Å². The highest BCUT2D eigenvalue weighted by Gasteiger charge is 2.47. The van der Waals surface area contributed by atoms with Crippen molar-refractivity contribution in [2.24, 2.45) is 0 Å². The molecule has 7 heteroatoms. The van der Waals surface area contributed by atoms with Crippen molar-refractivity contribution in [3.05, 3.63) is 16.4 Å². The summed E-state index contributed by atoms with van der Waals surface area (Å²) < 4.78 is 25.5. The quantitative estimate of drug-likeness (QED) is 0.917. The van der Waals surface area contributed by atoms with Gasteiger partial charge < -0.3 is 5.11 Å². The summed E-state index contributed by atoms with van der Waals surface area (Å²) in [5.41, 5.74) is 0.196. The number of halogens is 1. The molecule has 0 saturated heterocycles. The van der Waals surface area contributed by atoms with E-state index in [0.29, 0.717) is 36.5 Å². The highest BCUT2D eigenvalue weighted by Crippen LogP contribution is 2.38. The van der Waals surface area contributed by atoms with Gasteiger partial charge in [0.2, 0.25) is 0 Å². The summed E-state index contributed by atoms with van der Waals surface area (Å²) >= 11 is 6.25. The number of rotatable bonds is 4. The zero-order chi connectivity index (χ0) is 15.1. The Bertz CT molecular complexity index is 611. The van der Waals surface area contributed by atoms with Crippen molar-refractivity contribution in [3.63, 3.8) is 0 Å². The molecule has 2 atom stereocenters. The summed E-state index contributed by atoms with van der Waals surface area (Å²) in [5, 5.41) is 14.9. The second kappa shape index (κ2) is 5.31. The lowest BCUT2D eigenvalue weighted by Crippen LogP contribution is -2.44. The van der Waals surface area contributed by atoms with E-state index in [-0.39, 0.29) is 6.42 Å². The molecule has 1 heterocycles. The van der Waals surface area contributed by atoms with E-state index in [1.165, 1.54) is 6.26 Å². The van der Waals surface area contributed by atoms with Crippen LogP contribution in [0.2, 0.25) is 5.02 Å². The first-order valence-corrected chi connectivity index (χ1v) is 9.15. The Labute approximate surface area is 124 Å². The molecule has 2 rings (SSSR count). The molecule has 1 aliphatic rings. The van der Waals surface area contributed by atoms with Crippen molar-refractivity contribution in [1.29, 1.82) is 0 Å². The van der Waals surface area contributed by atoms with Gasteiger partial charge in [0.25, 0.3) is 0 Å². The summed E-state index contributed by atoms with van der Waals surface area (Å²) in [5.74, 6) is 0. The van der Waals surface area contributed by atoms with E-state index in [1.807, 2.05) is 13.8 Å². The van der Waals surface area contributed by atoms with Crippen LogP contribution in [-0.2, 0) is 22.8 Å². The third-order valence-electron chi connectivity index (χ3n) is 4.12. The van der Waals surface area contributed by atoms with Crippen LogP contribution in [0.4, 0.5) is 0 Å². The van der Waals surface area contributed by atoms with Gasteiger partial charge >= 0.3 is 0 Å². The number of hydrogen-bond acceptors (Lipinski definition) is 4. The molecule has 20 heavy (non-hydrogen) atoms. The van der Waals surface area contributed by atoms with E-state index in [9.17, 15) is 13.5 Å². The lowest BCUT2D eigenvalue weighted by molar-refractivity contribution is 0.0492. The normalized spacial score (nSPS) is 27.1. The molecule has 0 amide bonds. The van der Waals surface area contributed by atoms with Crippen LogP contribution in [0.25, 0.3) is 0 Å².